The molecule has 0 aliphatic carbocycles. The Morgan fingerprint density at radius 3 is 2.45 bits per heavy atom. The van der Waals surface area contributed by atoms with Gasteiger partial charge in [0.2, 0.25) is 0 Å². The topological polar surface area (TPSA) is 43.1 Å². The molecule has 0 radical (unpaired) electrons. The SMILES string of the molecule is CC[C@@H](N)c1ccc(C)c(C(=O)c2ccccc2)c1F. The van der Waals surface area contributed by atoms with E-state index in [1.54, 1.807) is 43.3 Å². The number of hydrogen-bond donors (Lipinski definition) is 1. The summed E-state index contributed by atoms with van der Waals surface area (Å²) < 4.78 is 14.6. The molecular weight excluding hydrogens is 253 g/mol. The lowest BCUT2D eigenvalue weighted by atomic mass is 9.93. The van der Waals surface area contributed by atoms with Crippen LogP contribution in [0.1, 0.15) is 46.4 Å². The summed E-state index contributed by atoms with van der Waals surface area (Å²) in [5.41, 5.74) is 7.54. The number of rotatable bonds is 4. The van der Waals surface area contributed by atoms with E-state index < -0.39 is 11.9 Å². The minimum absolute atomic E-state index is 0.123. The molecule has 0 aliphatic heterocycles. The number of ketones is 1. The van der Waals surface area contributed by atoms with E-state index in [0.717, 1.165) is 0 Å². The van der Waals surface area contributed by atoms with E-state index in [1.165, 1.54) is 0 Å². The summed E-state index contributed by atoms with van der Waals surface area (Å²) >= 11 is 0. The Morgan fingerprint density at radius 2 is 1.85 bits per heavy atom. The largest absolute Gasteiger partial charge is 0.324 e. The monoisotopic (exact) mass is 271 g/mol. The van der Waals surface area contributed by atoms with Crippen molar-refractivity contribution >= 4 is 5.78 Å². The van der Waals surface area contributed by atoms with E-state index in [2.05, 4.69) is 0 Å². The number of hydrogen-bond acceptors (Lipinski definition) is 2. The molecule has 0 saturated heterocycles. The van der Waals surface area contributed by atoms with E-state index >= 15 is 0 Å². The molecule has 2 aromatic carbocycles. The predicted octanol–water partition coefficient (Wildman–Crippen LogP) is 3.77. The fourth-order valence-electron chi connectivity index (χ4n) is 2.21. The second-order valence-corrected chi connectivity index (χ2v) is 4.87. The molecule has 0 spiro atoms. The molecule has 1 atom stereocenters. The van der Waals surface area contributed by atoms with Crippen LogP contribution in [-0.2, 0) is 0 Å². The Kier molecular flexibility index (Phi) is 4.30. The maximum Gasteiger partial charge on any atom is 0.196 e. The Hall–Kier alpha value is -2.00. The molecule has 0 fully saturated rings. The van der Waals surface area contributed by atoms with Crippen LogP contribution in [0.4, 0.5) is 4.39 Å². The second kappa shape index (κ2) is 5.97. The van der Waals surface area contributed by atoms with Crippen molar-refractivity contribution < 1.29 is 9.18 Å². The van der Waals surface area contributed by atoms with Crippen LogP contribution >= 0.6 is 0 Å². The summed E-state index contributed by atoms with van der Waals surface area (Å²) in [5.74, 6) is -0.793. The van der Waals surface area contributed by atoms with Crippen molar-refractivity contribution in [1.29, 1.82) is 0 Å². The lowest BCUT2D eigenvalue weighted by Crippen LogP contribution is -2.15. The third-order valence-electron chi connectivity index (χ3n) is 3.48. The molecule has 104 valence electrons. The first-order valence-electron chi connectivity index (χ1n) is 6.70. The van der Waals surface area contributed by atoms with E-state index in [9.17, 15) is 9.18 Å². The quantitative estimate of drug-likeness (QED) is 0.860. The Labute approximate surface area is 118 Å². The first-order chi connectivity index (χ1) is 9.56. The van der Waals surface area contributed by atoms with E-state index in [4.69, 9.17) is 5.73 Å². The summed E-state index contributed by atoms with van der Waals surface area (Å²) in [6.07, 6.45) is 0.624. The maximum atomic E-state index is 14.6. The number of nitrogens with two attached hydrogens (primary N) is 1. The van der Waals surface area contributed by atoms with Crippen molar-refractivity contribution in [3.8, 4) is 0 Å². The highest BCUT2D eigenvalue weighted by atomic mass is 19.1. The van der Waals surface area contributed by atoms with E-state index in [0.29, 0.717) is 23.1 Å². The maximum absolute atomic E-state index is 14.6. The fraction of sp³-hybridized carbons (Fsp3) is 0.235. The minimum Gasteiger partial charge on any atom is -0.324 e. The normalized spacial score (nSPS) is 12.2. The molecule has 2 aromatic rings. The van der Waals surface area contributed by atoms with Crippen LogP contribution < -0.4 is 5.73 Å². The van der Waals surface area contributed by atoms with Crippen molar-refractivity contribution in [3.05, 3.63) is 70.5 Å². The van der Waals surface area contributed by atoms with E-state index in [1.807, 2.05) is 13.0 Å². The molecule has 0 amide bonds. The van der Waals surface area contributed by atoms with Gasteiger partial charge in [-0.05, 0) is 18.9 Å². The van der Waals surface area contributed by atoms with Gasteiger partial charge in [0.05, 0.1) is 5.56 Å². The Bertz CT molecular complexity index is 622. The van der Waals surface area contributed by atoms with Crippen LogP contribution in [0.25, 0.3) is 0 Å². The zero-order chi connectivity index (χ0) is 14.7. The first-order valence-corrected chi connectivity index (χ1v) is 6.70. The Balaban J connectivity index is 2.54. The molecular formula is C17H18FNO. The third-order valence-corrected chi connectivity index (χ3v) is 3.48. The van der Waals surface area contributed by atoms with Gasteiger partial charge >= 0.3 is 0 Å². The summed E-state index contributed by atoms with van der Waals surface area (Å²) in [5, 5.41) is 0. The van der Waals surface area contributed by atoms with Crippen molar-refractivity contribution in [1.82, 2.24) is 0 Å². The Morgan fingerprint density at radius 1 is 1.20 bits per heavy atom. The lowest BCUT2D eigenvalue weighted by molar-refractivity contribution is 0.103. The zero-order valence-electron chi connectivity index (χ0n) is 11.7. The van der Waals surface area contributed by atoms with Gasteiger partial charge in [-0.3, -0.25) is 4.79 Å². The zero-order valence-corrected chi connectivity index (χ0v) is 11.7. The predicted molar refractivity (Wildman–Crippen MR) is 78.2 cm³/mol. The molecule has 2 nitrogen and oxygen atoms in total. The highest BCUT2D eigenvalue weighted by molar-refractivity contribution is 6.10. The smallest absolute Gasteiger partial charge is 0.196 e. The average Bonchev–Trinajstić information content (AvgIpc) is 2.47. The van der Waals surface area contributed by atoms with Crippen LogP contribution in [0.15, 0.2) is 42.5 Å². The van der Waals surface area contributed by atoms with Gasteiger partial charge in [0.15, 0.2) is 5.78 Å². The molecule has 0 bridgehead atoms. The van der Waals surface area contributed by atoms with Crippen molar-refractivity contribution in [2.24, 2.45) is 5.73 Å². The summed E-state index contributed by atoms with van der Waals surface area (Å²) in [4.78, 5) is 12.5. The third kappa shape index (κ3) is 2.63. The summed E-state index contributed by atoms with van der Waals surface area (Å²) in [6.45, 7) is 3.63. The van der Waals surface area contributed by atoms with Crippen molar-refractivity contribution in [2.45, 2.75) is 26.3 Å². The van der Waals surface area contributed by atoms with Gasteiger partial charge in [-0.1, -0.05) is 49.4 Å². The molecule has 0 saturated carbocycles. The first kappa shape index (κ1) is 14.4. The van der Waals surface area contributed by atoms with Gasteiger partial charge in [-0.25, -0.2) is 4.39 Å². The average molecular weight is 271 g/mol. The molecule has 0 aliphatic rings. The fourth-order valence-corrected chi connectivity index (χ4v) is 2.21. The molecule has 0 heterocycles. The van der Waals surface area contributed by atoms with E-state index in [-0.39, 0.29) is 11.3 Å². The standard InChI is InChI=1S/C17H18FNO/c1-3-14(19)13-10-9-11(2)15(16(13)18)17(20)12-7-5-4-6-8-12/h4-10,14H,3,19H2,1-2H3/t14-/m1/s1. The number of aryl methyl sites for hydroxylation is 1. The number of carbonyl (C=O) groups excluding carboxylic acids is 1. The minimum atomic E-state index is -0.492. The van der Waals surface area contributed by atoms with Crippen LogP contribution in [0.5, 0.6) is 0 Å². The van der Waals surface area contributed by atoms with Gasteiger partial charge in [0.1, 0.15) is 5.82 Å². The number of benzene rings is 2. The van der Waals surface area contributed by atoms with Gasteiger partial charge in [0.25, 0.3) is 0 Å². The van der Waals surface area contributed by atoms with Crippen LogP contribution in [0, 0.1) is 12.7 Å². The summed E-state index contributed by atoms with van der Waals surface area (Å²) in [7, 11) is 0. The van der Waals surface area contributed by atoms with Gasteiger partial charge in [0, 0.05) is 17.2 Å². The highest BCUT2D eigenvalue weighted by Crippen LogP contribution is 2.25. The summed E-state index contributed by atoms with van der Waals surface area (Å²) in [6, 6.07) is 11.8. The molecule has 20 heavy (non-hydrogen) atoms. The number of halogens is 1. The van der Waals surface area contributed by atoms with Crippen LogP contribution in [-0.4, -0.2) is 5.78 Å². The molecule has 0 aromatic heterocycles. The molecule has 3 heteroatoms. The van der Waals surface area contributed by atoms with Crippen LogP contribution in [0.3, 0.4) is 0 Å². The highest BCUT2D eigenvalue weighted by Gasteiger charge is 2.21. The molecule has 2 N–H and O–H groups in total. The molecule has 2 rings (SSSR count). The number of carbonyl (C=O) groups is 1. The van der Waals surface area contributed by atoms with Crippen molar-refractivity contribution in [3.63, 3.8) is 0 Å². The second-order valence-electron chi connectivity index (χ2n) is 4.87. The van der Waals surface area contributed by atoms with Gasteiger partial charge in [-0.2, -0.15) is 0 Å². The van der Waals surface area contributed by atoms with Crippen molar-refractivity contribution in [2.75, 3.05) is 0 Å². The van der Waals surface area contributed by atoms with Gasteiger partial charge < -0.3 is 5.73 Å². The van der Waals surface area contributed by atoms with Gasteiger partial charge in [-0.15, -0.1) is 0 Å². The lowest BCUT2D eigenvalue weighted by Gasteiger charge is -2.15. The van der Waals surface area contributed by atoms with Crippen LogP contribution in [0.2, 0.25) is 0 Å². The molecule has 0 unspecified atom stereocenters.